The van der Waals surface area contributed by atoms with Gasteiger partial charge in [0.05, 0.1) is 6.54 Å². The molecule has 0 unspecified atom stereocenters. The van der Waals surface area contributed by atoms with E-state index in [1.807, 2.05) is 26.4 Å². The highest BCUT2D eigenvalue weighted by molar-refractivity contribution is 9.10. The van der Waals surface area contributed by atoms with Crippen molar-refractivity contribution in [2.45, 2.75) is 13.1 Å². The maximum absolute atomic E-state index is 5.10. The topological polar surface area (TPSA) is 67.1 Å². The maximum Gasteiger partial charge on any atom is 0.265 e. The van der Waals surface area contributed by atoms with Gasteiger partial charge in [-0.3, -0.25) is 4.98 Å². The fraction of sp³-hybridized carbons (Fsp3) is 0.364. The van der Waals surface area contributed by atoms with Gasteiger partial charge in [-0.2, -0.15) is 4.98 Å². The standard InChI is InChI=1S/C11H14BrN5O/c1-17(2)11-15-10(18-16-11)7-14-5-8-3-9(12)6-13-4-8/h3-4,6,14H,5,7H2,1-2H3. The summed E-state index contributed by atoms with van der Waals surface area (Å²) in [5.74, 6) is 1.15. The molecule has 0 spiro atoms. The average Bonchev–Trinajstić information content (AvgIpc) is 2.78. The van der Waals surface area contributed by atoms with Crippen molar-refractivity contribution in [2.24, 2.45) is 0 Å². The van der Waals surface area contributed by atoms with Crippen molar-refractivity contribution in [1.82, 2.24) is 20.4 Å². The minimum absolute atomic E-state index is 0.535. The van der Waals surface area contributed by atoms with Gasteiger partial charge in [0.1, 0.15) is 0 Å². The third-order valence-electron chi connectivity index (χ3n) is 2.22. The molecule has 0 aliphatic rings. The number of nitrogens with zero attached hydrogens (tertiary/aromatic N) is 4. The zero-order valence-electron chi connectivity index (χ0n) is 10.2. The smallest absolute Gasteiger partial charge is 0.265 e. The monoisotopic (exact) mass is 311 g/mol. The molecule has 0 saturated heterocycles. The van der Waals surface area contributed by atoms with Crippen LogP contribution in [0, 0.1) is 0 Å². The molecule has 96 valence electrons. The highest BCUT2D eigenvalue weighted by Gasteiger charge is 2.06. The van der Waals surface area contributed by atoms with E-state index in [4.69, 9.17) is 4.52 Å². The molecule has 0 aliphatic carbocycles. The average molecular weight is 312 g/mol. The van der Waals surface area contributed by atoms with E-state index in [0.29, 0.717) is 24.9 Å². The molecule has 2 aromatic heterocycles. The molecule has 0 radical (unpaired) electrons. The number of halogens is 1. The molecule has 0 bridgehead atoms. The van der Waals surface area contributed by atoms with E-state index in [-0.39, 0.29) is 0 Å². The largest absolute Gasteiger partial charge is 0.344 e. The Kier molecular flexibility index (Phi) is 4.27. The lowest BCUT2D eigenvalue weighted by Gasteiger charge is -2.03. The van der Waals surface area contributed by atoms with Crippen molar-refractivity contribution in [2.75, 3.05) is 19.0 Å². The van der Waals surface area contributed by atoms with Crippen LogP contribution in [0.5, 0.6) is 0 Å². The first-order valence-electron chi connectivity index (χ1n) is 5.45. The quantitative estimate of drug-likeness (QED) is 0.904. The first-order valence-corrected chi connectivity index (χ1v) is 6.24. The van der Waals surface area contributed by atoms with Crippen LogP contribution in [0.25, 0.3) is 0 Å². The van der Waals surface area contributed by atoms with Crippen molar-refractivity contribution in [1.29, 1.82) is 0 Å². The fourth-order valence-corrected chi connectivity index (χ4v) is 1.78. The molecule has 0 atom stereocenters. The number of hydrogen-bond donors (Lipinski definition) is 1. The molecule has 2 rings (SSSR count). The summed E-state index contributed by atoms with van der Waals surface area (Å²) in [6.07, 6.45) is 3.57. The molecule has 7 heteroatoms. The van der Waals surface area contributed by atoms with Gasteiger partial charge >= 0.3 is 0 Å². The van der Waals surface area contributed by atoms with Gasteiger partial charge in [0.25, 0.3) is 5.95 Å². The van der Waals surface area contributed by atoms with E-state index in [1.165, 1.54) is 0 Å². The first-order chi connectivity index (χ1) is 8.65. The van der Waals surface area contributed by atoms with Gasteiger partial charge in [0, 0.05) is 37.5 Å². The van der Waals surface area contributed by atoms with Crippen LogP contribution in [-0.2, 0) is 13.1 Å². The fourth-order valence-electron chi connectivity index (χ4n) is 1.37. The second-order valence-corrected chi connectivity index (χ2v) is 4.91. The summed E-state index contributed by atoms with van der Waals surface area (Å²) in [5.41, 5.74) is 1.09. The second-order valence-electron chi connectivity index (χ2n) is 4.00. The summed E-state index contributed by atoms with van der Waals surface area (Å²) < 4.78 is 6.06. The minimum Gasteiger partial charge on any atom is -0.344 e. The predicted octanol–water partition coefficient (Wildman–Crippen LogP) is 1.58. The van der Waals surface area contributed by atoms with Crippen LogP contribution in [0.2, 0.25) is 0 Å². The van der Waals surface area contributed by atoms with Gasteiger partial charge in [-0.25, -0.2) is 0 Å². The Hall–Kier alpha value is -1.47. The Balaban J connectivity index is 1.84. The molecular weight excluding hydrogens is 298 g/mol. The lowest BCUT2D eigenvalue weighted by atomic mass is 10.3. The van der Waals surface area contributed by atoms with Crippen molar-refractivity contribution in [3.63, 3.8) is 0 Å². The number of aromatic nitrogens is 3. The van der Waals surface area contributed by atoms with Crippen LogP contribution in [0.1, 0.15) is 11.5 Å². The van der Waals surface area contributed by atoms with E-state index in [0.717, 1.165) is 10.0 Å². The number of hydrogen-bond acceptors (Lipinski definition) is 6. The summed E-state index contributed by atoms with van der Waals surface area (Å²) in [6.45, 7) is 1.24. The Bertz CT molecular complexity index is 514. The summed E-state index contributed by atoms with van der Waals surface area (Å²) in [4.78, 5) is 10.1. The molecular formula is C11H14BrN5O. The van der Waals surface area contributed by atoms with Gasteiger partial charge in [-0.1, -0.05) is 0 Å². The first kappa shape index (κ1) is 13.0. The lowest BCUT2D eigenvalue weighted by Crippen LogP contribution is -2.14. The van der Waals surface area contributed by atoms with Crippen molar-refractivity contribution >= 4 is 21.9 Å². The molecule has 1 N–H and O–H groups in total. The van der Waals surface area contributed by atoms with Crippen LogP contribution in [0.15, 0.2) is 27.5 Å². The molecule has 0 amide bonds. The Morgan fingerprint density at radius 2 is 2.17 bits per heavy atom. The summed E-state index contributed by atoms with van der Waals surface area (Å²) in [7, 11) is 3.74. The number of anilines is 1. The number of pyridine rings is 1. The summed E-state index contributed by atoms with van der Waals surface area (Å²) >= 11 is 3.38. The SMILES string of the molecule is CN(C)c1noc(CNCc2cncc(Br)c2)n1. The van der Waals surface area contributed by atoms with Gasteiger partial charge in [-0.05, 0) is 32.7 Å². The summed E-state index contributed by atoms with van der Waals surface area (Å²) in [5, 5.41) is 7.06. The lowest BCUT2D eigenvalue weighted by molar-refractivity contribution is 0.367. The molecule has 2 aromatic rings. The third-order valence-corrected chi connectivity index (χ3v) is 2.66. The van der Waals surface area contributed by atoms with Crippen LogP contribution >= 0.6 is 15.9 Å². The third kappa shape index (κ3) is 3.51. The minimum atomic E-state index is 0.535. The zero-order chi connectivity index (χ0) is 13.0. The maximum atomic E-state index is 5.10. The Labute approximate surface area is 114 Å². The van der Waals surface area contributed by atoms with Crippen LogP contribution in [-0.4, -0.2) is 29.2 Å². The summed E-state index contributed by atoms with van der Waals surface area (Å²) in [6, 6.07) is 2.01. The van der Waals surface area contributed by atoms with E-state index >= 15 is 0 Å². The van der Waals surface area contributed by atoms with Gasteiger partial charge in [0.15, 0.2) is 0 Å². The molecule has 6 nitrogen and oxygen atoms in total. The van der Waals surface area contributed by atoms with Crippen LogP contribution in [0.4, 0.5) is 5.95 Å². The van der Waals surface area contributed by atoms with E-state index in [9.17, 15) is 0 Å². The highest BCUT2D eigenvalue weighted by atomic mass is 79.9. The number of rotatable bonds is 5. The van der Waals surface area contributed by atoms with Crippen molar-refractivity contribution < 1.29 is 4.52 Å². The molecule has 0 aliphatic heterocycles. The van der Waals surface area contributed by atoms with Crippen LogP contribution < -0.4 is 10.2 Å². The predicted molar refractivity (Wildman–Crippen MR) is 71.1 cm³/mol. The van der Waals surface area contributed by atoms with Crippen molar-refractivity contribution in [3.05, 3.63) is 34.4 Å². The Morgan fingerprint density at radius 3 is 2.83 bits per heavy atom. The number of nitrogens with one attached hydrogen (secondary N) is 1. The van der Waals surface area contributed by atoms with E-state index in [1.54, 1.807) is 11.1 Å². The molecule has 0 fully saturated rings. The molecule has 2 heterocycles. The second kappa shape index (κ2) is 5.92. The normalized spacial score (nSPS) is 10.6. The van der Waals surface area contributed by atoms with E-state index < -0.39 is 0 Å². The van der Waals surface area contributed by atoms with Gasteiger partial charge in [0.2, 0.25) is 5.89 Å². The van der Waals surface area contributed by atoms with E-state index in [2.05, 4.69) is 36.4 Å². The molecule has 18 heavy (non-hydrogen) atoms. The van der Waals surface area contributed by atoms with Gasteiger partial charge < -0.3 is 14.7 Å². The van der Waals surface area contributed by atoms with Gasteiger partial charge in [-0.15, -0.1) is 0 Å². The zero-order valence-corrected chi connectivity index (χ0v) is 11.8. The highest BCUT2D eigenvalue weighted by Crippen LogP contribution is 2.09. The Morgan fingerprint density at radius 1 is 1.33 bits per heavy atom. The van der Waals surface area contributed by atoms with Crippen molar-refractivity contribution in [3.8, 4) is 0 Å². The van der Waals surface area contributed by atoms with Crippen LogP contribution in [0.3, 0.4) is 0 Å². The molecule has 0 saturated carbocycles. The molecule has 0 aromatic carbocycles.